The molecule has 12 heavy (non-hydrogen) atoms. The Bertz CT molecular complexity index is 220. The largest absolute Gasteiger partial charge is 0.318 e. The molecule has 0 saturated carbocycles. The summed E-state index contributed by atoms with van der Waals surface area (Å²) in [6.07, 6.45) is 0.886. The van der Waals surface area contributed by atoms with Crippen molar-refractivity contribution in [2.24, 2.45) is 5.73 Å². The van der Waals surface area contributed by atoms with Crippen molar-refractivity contribution < 1.29 is 4.39 Å². The number of hydrogen-bond acceptors (Lipinski definition) is 2. The van der Waals surface area contributed by atoms with Crippen molar-refractivity contribution in [3.8, 4) is 0 Å². The Morgan fingerprint density at radius 2 is 1.92 bits per heavy atom. The van der Waals surface area contributed by atoms with Gasteiger partial charge in [0.15, 0.2) is 0 Å². The van der Waals surface area contributed by atoms with E-state index >= 15 is 0 Å². The molecule has 0 spiro atoms. The van der Waals surface area contributed by atoms with Gasteiger partial charge in [-0.1, -0.05) is 12.1 Å². The molecule has 0 saturated heterocycles. The highest BCUT2D eigenvalue weighted by molar-refractivity contribution is 5.16. The molecule has 0 aliphatic carbocycles. The third-order valence-corrected chi connectivity index (χ3v) is 1.65. The molecule has 2 nitrogen and oxygen atoms in total. The molecule has 1 aromatic rings. The molecule has 1 aromatic carbocycles. The van der Waals surface area contributed by atoms with E-state index in [9.17, 15) is 4.39 Å². The van der Waals surface area contributed by atoms with Crippen LogP contribution in [-0.2, 0) is 6.42 Å². The van der Waals surface area contributed by atoms with Crippen LogP contribution >= 0.6 is 0 Å². The monoisotopic (exact) mass is 168 g/mol. The number of hydrogen-bond donors (Lipinski definition) is 2. The molecule has 0 radical (unpaired) electrons. The standard InChI is InChI=1S/C9H13FN2/c10-9-3-1-8(2-4-9)5-6-12-7-11/h1-4,12H,5-7,11H2. The van der Waals surface area contributed by atoms with E-state index in [0.717, 1.165) is 18.5 Å². The van der Waals surface area contributed by atoms with E-state index in [4.69, 9.17) is 5.73 Å². The van der Waals surface area contributed by atoms with Crippen LogP contribution in [0, 0.1) is 5.82 Å². The highest BCUT2D eigenvalue weighted by Crippen LogP contribution is 2.02. The average Bonchev–Trinajstić information content (AvgIpc) is 2.09. The van der Waals surface area contributed by atoms with Crippen LogP contribution in [0.1, 0.15) is 5.56 Å². The van der Waals surface area contributed by atoms with E-state index in [1.807, 2.05) is 0 Å². The van der Waals surface area contributed by atoms with Crippen LogP contribution in [-0.4, -0.2) is 13.2 Å². The quantitative estimate of drug-likeness (QED) is 0.517. The van der Waals surface area contributed by atoms with Crippen LogP contribution in [0.2, 0.25) is 0 Å². The minimum atomic E-state index is -0.189. The summed E-state index contributed by atoms with van der Waals surface area (Å²) in [5, 5.41) is 3.00. The molecule has 0 unspecified atom stereocenters. The predicted molar refractivity (Wildman–Crippen MR) is 47.2 cm³/mol. The third kappa shape index (κ3) is 2.98. The first-order chi connectivity index (χ1) is 5.83. The topological polar surface area (TPSA) is 38.0 Å². The molecule has 3 heteroatoms. The van der Waals surface area contributed by atoms with Gasteiger partial charge in [-0.15, -0.1) is 0 Å². The number of rotatable bonds is 4. The fraction of sp³-hybridized carbons (Fsp3) is 0.333. The summed E-state index contributed by atoms with van der Waals surface area (Å²) in [4.78, 5) is 0. The molecule has 0 fully saturated rings. The van der Waals surface area contributed by atoms with Crippen molar-refractivity contribution in [2.75, 3.05) is 13.2 Å². The zero-order valence-corrected chi connectivity index (χ0v) is 6.89. The van der Waals surface area contributed by atoms with Gasteiger partial charge in [0, 0.05) is 13.2 Å². The lowest BCUT2D eigenvalue weighted by atomic mass is 10.1. The Kier molecular flexibility index (Phi) is 3.70. The molecule has 0 amide bonds. The van der Waals surface area contributed by atoms with Crippen molar-refractivity contribution >= 4 is 0 Å². The van der Waals surface area contributed by atoms with E-state index in [2.05, 4.69) is 5.32 Å². The van der Waals surface area contributed by atoms with Crippen LogP contribution < -0.4 is 11.1 Å². The summed E-state index contributed by atoms with van der Waals surface area (Å²) in [6, 6.07) is 6.51. The Hall–Kier alpha value is -0.930. The zero-order chi connectivity index (χ0) is 8.81. The van der Waals surface area contributed by atoms with Crippen LogP contribution in [0.3, 0.4) is 0 Å². The van der Waals surface area contributed by atoms with Gasteiger partial charge in [-0.25, -0.2) is 4.39 Å². The highest BCUT2D eigenvalue weighted by Gasteiger charge is 1.92. The molecule has 3 N–H and O–H groups in total. The minimum absolute atomic E-state index is 0.189. The smallest absolute Gasteiger partial charge is 0.123 e. The second-order valence-electron chi connectivity index (χ2n) is 2.58. The van der Waals surface area contributed by atoms with E-state index in [-0.39, 0.29) is 5.82 Å². The first-order valence-corrected chi connectivity index (χ1v) is 3.98. The van der Waals surface area contributed by atoms with Crippen molar-refractivity contribution in [2.45, 2.75) is 6.42 Å². The number of nitrogens with two attached hydrogens (primary N) is 1. The van der Waals surface area contributed by atoms with E-state index in [1.54, 1.807) is 12.1 Å². The fourth-order valence-electron chi connectivity index (χ4n) is 0.986. The second kappa shape index (κ2) is 4.85. The Morgan fingerprint density at radius 3 is 2.50 bits per heavy atom. The van der Waals surface area contributed by atoms with Gasteiger partial charge in [0.05, 0.1) is 0 Å². The van der Waals surface area contributed by atoms with Crippen LogP contribution in [0.15, 0.2) is 24.3 Å². The molecular formula is C9H13FN2. The summed E-state index contributed by atoms with van der Waals surface area (Å²) < 4.78 is 12.4. The molecular weight excluding hydrogens is 155 g/mol. The zero-order valence-electron chi connectivity index (χ0n) is 6.89. The third-order valence-electron chi connectivity index (χ3n) is 1.65. The highest BCUT2D eigenvalue weighted by atomic mass is 19.1. The Morgan fingerprint density at radius 1 is 1.25 bits per heavy atom. The molecule has 66 valence electrons. The van der Waals surface area contributed by atoms with Crippen molar-refractivity contribution in [3.63, 3.8) is 0 Å². The molecule has 0 aromatic heterocycles. The molecule has 0 aliphatic rings. The second-order valence-corrected chi connectivity index (χ2v) is 2.58. The summed E-state index contributed by atoms with van der Waals surface area (Å²) in [7, 11) is 0. The molecule has 0 bridgehead atoms. The number of nitrogens with one attached hydrogen (secondary N) is 1. The lowest BCUT2D eigenvalue weighted by Crippen LogP contribution is -2.24. The van der Waals surface area contributed by atoms with Gasteiger partial charge in [-0.2, -0.15) is 0 Å². The molecule has 0 atom stereocenters. The number of halogens is 1. The van der Waals surface area contributed by atoms with Gasteiger partial charge in [0.2, 0.25) is 0 Å². The maximum absolute atomic E-state index is 12.4. The van der Waals surface area contributed by atoms with Crippen molar-refractivity contribution in [3.05, 3.63) is 35.6 Å². The van der Waals surface area contributed by atoms with Crippen molar-refractivity contribution in [1.29, 1.82) is 0 Å². The lowest BCUT2D eigenvalue weighted by Gasteiger charge is -2.01. The van der Waals surface area contributed by atoms with E-state index < -0.39 is 0 Å². The van der Waals surface area contributed by atoms with E-state index in [0.29, 0.717) is 6.67 Å². The Labute approximate surface area is 71.6 Å². The summed E-state index contributed by atoms with van der Waals surface area (Å²) in [6.45, 7) is 1.32. The summed E-state index contributed by atoms with van der Waals surface area (Å²) in [5.74, 6) is -0.189. The maximum Gasteiger partial charge on any atom is 0.123 e. The fourth-order valence-corrected chi connectivity index (χ4v) is 0.986. The van der Waals surface area contributed by atoms with Crippen LogP contribution in [0.5, 0.6) is 0 Å². The van der Waals surface area contributed by atoms with Crippen LogP contribution in [0.4, 0.5) is 4.39 Å². The van der Waals surface area contributed by atoms with E-state index in [1.165, 1.54) is 12.1 Å². The first-order valence-electron chi connectivity index (χ1n) is 3.98. The first kappa shape index (κ1) is 9.16. The maximum atomic E-state index is 12.4. The van der Waals surface area contributed by atoms with Gasteiger partial charge in [-0.05, 0) is 24.1 Å². The van der Waals surface area contributed by atoms with Crippen LogP contribution in [0.25, 0.3) is 0 Å². The molecule has 1 rings (SSSR count). The van der Waals surface area contributed by atoms with Gasteiger partial charge >= 0.3 is 0 Å². The van der Waals surface area contributed by atoms with Gasteiger partial charge in [0.25, 0.3) is 0 Å². The summed E-state index contributed by atoms with van der Waals surface area (Å²) in [5.41, 5.74) is 6.37. The van der Waals surface area contributed by atoms with Gasteiger partial charge < -0.3 is 11.1 Å². The van der Waals surface area contributed by atoms with Gasteiger partial charge in [0.1, 0.15) is 5.82 Å². The Balaban J connectivity index is 2.37. The summed E-state index contributed by atoms with van der Waals surface area (Å²) >= 11 is 0. The predicted octanol–water partition coefficient (Wildman–Crippen LogP) is 0.874. The SMILES string of the molecule is NCNCCc1ccc(F)cc1. The minimum Gasteiger partial charge on any atom is -0.318 e. The molecule has 0 heterocycles. The lowest BCUT2D eigenvalue weighted by molar-refractivity contribution is 0.626. The normalized spacial score (nSPS) is 10.2. The van der Waals surface area contributed by atoms with Gasteiger partial charge in [-0.3, -0.25) is 0 Å². The number of benzene rings is 1. The molecule has 0 aliphatic heterocycles. The average molecular weight is 168 g/mol. The van der Waals surface area contributed by atoms with Crippen molar-refractivity contribution in [1.82, 2.24) is 5.32 Å².